The zero-order valence-electron chi connectivity index (χ0n) is 26.2. The first-order valence-electron chi connectivity index (χ1n) is 16.3. The number of fused-ring (bicyclic) bond motifs is 1. The quantitative estimate of drug-likeness (QED) is 0.153. The topological polar surface area (TPSA) is 4.41 Å². The van der Waals surface area contributed by atoms with Crippen molar-refractivity contribution in [2.45, 2.75) is 10.8 Å². The predicted octanol–water partition coefficient (Wildman–Crippen LogP) is 10.7. The lowest BCUT2D eigenvalue weighted by Gasteiger charge is -2.37. The molecule has 0 amide bonds. The van der Waals surface area contributed by atoms with E-state index in [0.717, 1.165) is 0 Å². The van der Waals surface area contributed by atoms with Gasteiger partial charge in [0.15, 0.2) is 0 Å². The summed E-state index contributed by atoms with van der Waals surface area (Å²) in [6.07, 6.45) is 2.24. The van der Waals surface area contributed by atoms with Crippen LogP contribution in [-0.2, 0) is 10.8 Å². The van der Waals surface area contributed by atoms with Crippen LogP contribution in [0.2, 0.25) is 0 Å². The van der Waals surface area contributed by atoms with E-state index in [1.165, 1.54) is 50.2 Å². The van der Waals surface area contributed by atoms with Gasteiger partial charge in [0.1, 0.15) is 0 Å². The second-order valence-corrected chi connectivity index (χ2v) is 12.1. The van der Waals surface area contributed by atoms with Crippen molar-refractivity contribution in [3.05, 3.63) is 257 Å². The van der Waals surface area contributed by atoms with Crippen LogP contribution in [0.3, 0.4) is 0 Å². The Kier molecular flexibility index (Phi) is 7.36. The van der Waals surface area contributed by atoms with Crippen molar-refractivity contribution >= 4 is 5.52 Å². The summed E-state index contributed by atoms with van der Waals surface area (Å²) in [7, 11) is 0. The van der Waals surface area contributed by atoms with E-state index in [4.69, 9.17) is 0 Å². The van der Waals surface area contributed by atoms with Crippen molar-refractivity contribution in [1.29, 1.82) is 0 Å². The van der Waals surface area contributed by atoms with Crippen LogP contribution in [0.4, 0.5) is 0 Å². The second-order valence-electron chi connectivity index (χ2n) is 12.1. The number of hydrogen-bond acceptors (Lipinski definition) is 0. The third kappa shape index (κ3) is 4.55. The number of benzene rings is 6. The summed E-state index contributed by atoms with van der Waals surface area (Å²) in [6.45, 7) is 0. The van der Waals surface area contributed by atoms with Crippen molar-refractivity contribution in [3.8, 4) is 0 Å². The summed E-state index contributed by atoms with van der Waals surface area (Å²) >= 11 is 0. The number of aromatic nitrogens is 1. The highest BCUT2D eigenvalue weighted by atomic mass is 14.9. The minimum atomic E-state index is -0.609. The highest BCUT2D eigenvalue weighted by Gasteiger charge is 2.45. The molecule has 0 bridgehead atoms. The van der Waals surface area contributed by atoms with Crippen LogP contribution >= 0.6 is 0 Å². The molecule has 2 aromatic heterocycles. The minimum absolute atomic E-state index is 0.593. The van der Waals surface area contributed by atoms with Crippen LogP contribution < -0.4 is 0 Å². The fourth-order valence-corrected chi connectivity index (χ4v) is 7.78. The fourth-order valence-electron chi connectivity index (χ4n) is 7.78. The molecule has 8 rings (SSSR count). The van der Waals surface area contributed by atoms with Crippen molar-refractivity contribution < 1.29 is 0 Å². The van der Waals surface area contributed by atoms with E-state index in [9.17, 15) is 0 Å². The Bertz CT molecular complexity index is 1850. The van der Waals surface area contributed by atoms with Gasteiger partial charge in [-0.2, -0.15) is 0 Å². The Morgan fingerprint density at radius 3 is 0.936 bits per heavy atom. The Hall–Kier alpha value is -5.92. The molecule has 1 nitrogen and oxygen atoms in total. The summed E-state index contributed by atoms with van der Waals surface area (Å²) in [5.41, 5.74) is 9.74. The lowest BCUT2D eigenvalue weighted by atomic mass is 9.64. The number of hydrogen-bond donors (Lipinski definition) is 0. The van der Waals surface area contributed by atoms with E-state index in [2.05, 4.69) is 217 Å². The van der Waals surface area contributed by atoms with Crippen LogP contribution in [0.15, 0.2) is 212 Å². The first kappa shape index (κ1) is 28.5. The van der Waals surface area contributed by atoms with E-state index in [1.54, 1.807) is 0 Å². The van der Waals surface area contributed by atoms with Gasteiger partial charge in [0.2, 0.25) is 0 Å². The van der Waals surface area contributed by atoms with Crippen molar-refractivity contribution in [2.24, 2.45) is 0 Å². The van der Waals surface area contributed by atoms with Crippen LogP contribution in [0.1, 0.15) is 44.6 Å². The second kappa shape index (κ2) is 12.1. The van der Waals surface area contributed by atoms with Gasteiger partial charge in [0.25, 0.3) is 0 Å². The molecule has 0 aliphatic carbocycles. The molecule has 47 heavy (non-hydrogen) atoms. The third-order valence-corrected chi connectivity index (χ3v) is 9.71. The average Bonchev–Trinajstić information content (AvgIpc) is 3.55. The molecule has 0 aliphatic rings. The molecule has 8 aromatic rings. The molecule has 0 spiro atoms. The number of pyridine rings is 1. The summed E-state index contributed by atoms with van der Waals surface area (Å²) in [5, 5.41) is 0. The molecule has 6 aromatic carbocycles. The summed E-state index contributed by atoms with van der Waals surface area (Å²) in [6, 6.07) is 75.1. The molecule has 0 fully saturated rings. The van der Waals surface area contributed by atoms with E-state index in [0.29, 0.717) is 0 Å². The van der Waals surface area contributed by atoms with Crippen LogP contribution in [0.25, 0.3) is 5.52 Å². The summed E-state index contributed by atoms with van der Waals surface area (Å²) in [5.74, 6) is 0. The normalized spacial score (nSPS) is 11.8. The van der Waals surface area contributed by atoms with Gasteiger partial charge in [-0.05, 0) is 57.1 Å². The third-order valence-electron chi connectivity index (χ3n) is 9.71. The zero-order chi connectivity index (χ0) is 31.5. The zero-order valence-corrected chi connectivity index (χ0v) is 26.2. The largest absolute Gasteiger partial charge is 0.319 e. The van der Waals surface area contributed by atoms with Crippen molar-refractivity contribution in [1.82, 2.24) is 4.40 Å². The minimum Gasteiger partial charge on any atom is -0.319 e. The first-order valence-corrected chi connectivity index (χ1v) is 16.3. The Morgan fingerprint density at radius 1 is 0.298 bits per heavy atom. The molecule has 224 valence electrons. The molecule has 0 unspecified atom stereocenters. The van der Waals surface area contributed by atoms with Gasteiger partial charge in [0, 0.05) is 11.9 Å². The van der Waals surface area contributed by atoms with Gasteiger partial charge in [-0.15, -0.1) is 0 Å². The average molecular weight is 602 g/mol. The fraction of sp³-hybridized carbons (Fsp3) is 0.0435. The number of rotatable bonds is 8. The molecule has 2 heterocycles. The lowest BCUT2D eigenvalue weighted by Crippen LogP contribution is -2.33. The number of nitrogens with zero attached hydrogens (tertiary/aromatic N) is 1. The summed E-state index contributed by atoms with van der Waals surface area (Å²) < 4.78 is 2.44. The molecule has 0 saturated carbocycles. The van der Waals surface area contributed by atoms with E-state index in [-0.39, 0.29) is 0 Å². The maximum Gasteiger partial charge on any atom is 0.0857 e. The first-order chi connectivity index (χ1) is 23.3. The molecular weight excluding hydrogens is 567 g/mol. The molecule has 0 atom stereocenters. The SMILES string of the molecule is c1ccc(C(c2ccccc2)(c2ccccc2)c2cc(C(c3ccccc3)(c3ccccc3)c3ccccc3)n3ccccc23)cc1. The van der Waals surface area contributed by atoms with Gasteiger partial charge < -0.3 is 4.40 Å². The van der Waals surface area contributed by atoms with E-state index in [1.807, 2.05) is 0 Å². The Morgan fingerprint density at radius 2 is 0.596 bits per heavy atom. The predicted molar refractivity (Wildman–Crippen MR) is 194 cm³/mol. The molecule has 0 N–H and O–H groups in total. The molecular formula is C46H35N. The highest BCUT2D eigenvalue weighted by Crippen LogP contribution is 2.51. The lowest BCUT2D eigenvalue weighted by molar-refractivity contribution is 0.704. The standard InChI is InChI=1S/C46H35N/c1-7-21-36(22-8-1)45(37-23-9-2-10-24-37,38-25-11-3-12-26-38)42-35-44(47-34-20-19-33-43(42)47)46(39-27-13-4-14-28-39,40-29-15-5-16-30-40)41-31-17-6-18-32-41/h1-35H. The van der Waals surface area contributed by atoms with Crippen LogP contribution in [-0.4, -0.2) is 4.40 Å². The molecule has 0 saturated heterocycles. The maximum atomic E-state index is 2.50. The molecule has 0 aliphatic heterocycles. The van der Waals surface area contributed by atoms with Crippen LogP contribution in [0.5, 0.6) is 0 Å². The van der Waals surface area contributed by atoms with E-state index >= 15 is 0 Å². The Labute approximate surface area is 277 Å². The molecule has 0 radical (unpaired) electrons. The van der Waals surface area contributed by atoms with Crippen molar-refractivity contribution in [3.63, 3.8) is 0 Å². The van der Waals surface area contributed by atoms with Crippen molar-refractivity contribution in [2.75, 3.05) is 0 Å². The van der Waals surface area contributed by atoms with Gasteiger partial charge in [-0.25, -0.2) is 0 Å². The molecule has 1 heteroatoms. The summed E-state index contributed by atoms with van der Waals surface area (Å²) in [4.78, 5) is 0. The van der Waals surface area contributed by atoms with Gasteiger partial charge >= 0.3 is 0 Å². The van der Waals surface area contributed by atoms with Gasteiger partial charge in [-0.3, -0.25) is 0 Å². The highest BCUT2D eigenvalue weighted by molar-refractivity contribution is 5.74. The maximum absolute atomic E-state index is 2.50. The van der Waals surface area contributed by atoms with Crippen LogP contribution in [0, 0.1) is 0 Å². The smallest absolute Gasteiger partial charge is 0.0857 e. The Balaban J connectivity index is 1.58. The van der Waals surface area contributed by atoms with Gasteiger partial charge in [0.05, 0.1) is 16.3 Å². The monoisotopic (exact) mass is 601 g/mol. The van der Waals surface area contributed by atoms with E-state index < -0.39 is 10.8 Å². The van der Waals surface area contributed by atoms with Gasteiger partial charge in [-0.1, -0.05) is 188 Å².